The summed E-state index contributed by atoms with van der Waals surface area (Å²) in [4.78, 5) is 2.36. The summed E-state index contributed by atoms with van der Waals surface area (Å²) >= 11 is 0. The normalized spacial score (nSPS) is 12.4. The van der Waals surface area contributed by atoms with Crippen LogP contribution in [0.5, 0.6) is 0 Å². The summed E-state index contributed by atoms with van der Waals surface area (Å²) in [6.45, 7) is 4.09. The molecule has 0 N–H and O–H groups in total. The van der Waals surface area contributed by atoms with Gasteiger partial charge in [0.2, 0.25) is 0 Å². The molecule has 0 fully saturated rings. The molecule has 11 aromatic rings. The second-order valence-corrected chi connectivity index (χ2v) is 13.4. The van der Waals surface area contributed by atoms with Crippen molar-refractivity contribution >= 4 is 94.2 Å². The first-order valence-electron chi connectivity index (χ1n) is 17.6. The van der Waals surface area contributed by atoms with Crippen LogP contribution in [0, 0.1) is 0 Å². The SMILES string of the molecule is C=C/C=c1/c2cc(N(c3ccc4c(c3)oc3ccccc34)c3ccc4c(c3)c3ccccc3n4-c3ccccc3)ccc2n2c1cc1ccccc12. The van der Waals surface area contributed by atoms with Crippen LogP contribution >= 0.6 is 0 Å². The quantitative estimate of drug-likeness (QED) is 0.183. The lowest BCUT2D eigenvalue weighted by Crippen LogP contribution is -2.10. The fourth-order valence-corrected chi connectivity index (χ4v) is 8.37. The van der Waals surface area contributed by atoms with Crippen molar-refractivity contribution in [3.05, 3.63) is 182 Å². The first-order valence-corrected chi connectivity index (χ1v) is 17.6. The van der Waals surface area contributed by atoms with E-state index < -0.39 is 0 Å². The lowest BCUT2D eigenvalue weighted by atomic mass is 10.1. The van der Waals surface area contributed by atoms with Gasteiger partial charge in [-0.15, -0.1) is 0 Å². The highest BCUT2D eigenvalue weighted by Gasteiger charge is 2.20. The summed E-state index contributed by atoms with van der Waals surface area (Å²) in [6, 6.07) is 58.7. The van der Waals surface area contributed by atoms with E-state index in [-0.39, 0.29) is 0 Å². The molecule has 0 saturated carbocycles. The summed E-state index contributed by atoms with van der Waals surface area (Å²) < 4.78 is 11.2. The summed E-state index contributed by atoms with van der Waals surface area (Å²) in [5.41, 5.74) is 11.9. The van der Waals surface area contributed by atoms with Gasteiger partial charge in [0.1, 0.15) is 11.2 Å². The Morgan fingerprint density at radius 3 is 1.94 bits per heavy atom. The Hall–Kier alpha value is -7.04. The number of furan rings is 1. The van der Waals surface area contributed by atoms with E-state index in [1.54, 1.807) is 0 Å². The van der Waals surface area contributed by atoms with Crippen LogP contribution in [0.3, 0.4) is 0 Å². The summed E-state index contributed by atoms with van der Waals surface area (Å²) in [5.74, 6) is 0. The Morgan fingerprint density at radius 1 is 0.462 bits per heavy atom. The zero-order valence-corrected chi connectivity index (χ0v) is 28.2. The third-order valence-electron chi connectivity index (χ3n) is 10.6. The second kappa shape index (κ2) is 11.0. The van der Waals surface area contributed by atoms with Gasteiger partial charge in [-0.1, -0.05) is 91.5 Å². The van der Waals surface area contributed by atoms with E-state index in [1.807, 2.05) is 18.2 Å². The summed E-state index contributed by atoms with van der Waals surface area (Å²) in [6.07, 6.45) is 4.03. The van der Waals surface area contributed by atoms with Crippen molar-refractivity contribution in [3.8, 4) is 5.69 Å². The van der Waals surface area contributed by atoms with Gasteiger partial charge < -0.3 is 18.3 Å². The number of hydrogen-bond donors (Lipinski definition) is 0. The number of aromatic nitrogens is 2. The molecule has 0 aliphatic carbocycles. The van der Waals surface area contributed by atoms with Crippen molar-refractivity contribution in [1.29, 1.82) is 0 Å². The highest BCUT2D eigenvalue weighted by molar-refractivity contribution is 6.11. The topological polar surface area (TPSA) is 25.7 Å². The third kappa shape index (κ3) is 4.09. The van der Waals surface area contributed by atoms with Crippen LogP contribution in [0.4, 0.5) is 17.1 Å². The fourth-order valence-electron chi connectivity index (χ4n) is 8.37. The zero-order chi connectivity index (χ0) is 34.3. The fraction of sp³-hybridized carbons (Fsp3) is 0. The smallest absolute Gasteiger partial charge is 0.137 e. The van der Waals surface area contributed by atoms with Crippen LogP contribution in [0.15, 0.2) is 181 Å². The molecule has 0 atom stereocenters. The average molecular weight is 666 g/mol. The van der Waals surface area contributed by atoms with E-state index in [4.69, 9.17) is 4.42 Å². The van der Waals surface area contributed by atoms with E-state index in [0.717, 1.165) is 49.9 Å². The van der Waals surface area contributed by atoms with Crippen LogP contribution in [0.1, 0.15) is 0 Å². The zero-order valence-electron chi connectivity index (χ0n) is 28.2. The van der Waals surface area contributed by atoms with Crippen molar-refractivity contribution in [3.63, 3.8) is 0 Å². The molecule has 0 saturated heterocycles. The number of nitrogens with zero attached hydrogens (tertiary/aromatic N) is 3. The molecular formula is C48H31N3O. The Kier molecular flexibility index (Phi) is 6.07. The maximum absolute atomic E-state index is 6.44. The van der Waals surface area contributed by atoms with E-state index >= 15 is 0 Å². The van der Waals surface area contributed by atoms with Gasteiger partial charge in [0.25, 0.3) is 0 Å². The van der Waals surface area contributed by atoms with Gasteiger partial charge >= 0.3 is 0 Å². The van der Waals surface area contributed by atoms with Crippen molar-refractivity contribution in [1.82, 2.24) is 8.97 Å². The predicted octanol–water partition coefficient (Wildman–Crippen LogP) is 12.4. The molecule has 0 spiro atoms. The molecule has 4 heteroatoms. The van der Waals surface area contributed by atoms with Gasteiger partial charge in [-0.3, -0.25) is 0 Å². The van der Waals surface area contributed by atoms with E-state index in [0.29, 0.717) is 0 Å². The Bertz CT molecular complexity index is 3270. The van der Waals surface area contributed by atoms with Crippen LogP contribution in [0.2, 0.25) is 0 Å². The first-order chi connectivity index (χ1) is 25.7. The minimum atomic E-state index is 0.862. The largest absolute Gasteiger partial charge is 0.456 e. The second-order valence-electron chi connectivity index (χ2n) is 13.4. The van der Waals surface area contributed by atoms with Gasteiger partial charge in [-0.2, -0.15) is 0 Å². The monoisotopic (exact) mass is 665 g/mol. The van der Waals surface area contributed by atoms with Crippen molar-refractivity contribution in [2.75, 3.05) is 4.90 Å². The maximum Gasteiger partial charge on any atom is 0.137 e. The molecule has 0 unspecified atom stereocenters. The molecule has 0 radical (unpaired) electrons. The predicted molar refractivity (Wildman–Crippen MR) is 219 cm³/mol. The molecular weight excluding hydrogens is 635 g/mol. The molecule has 7 aromatic carbocycles. The molecule has 244 valence electrons. The van der Waals surface area contributed by atoms with Crippen LogP contribution in [-0.4, -0.2) is 8.97 Å². The first kappa shape index (κ1) is 28.8. The molecule has 0 aliphatic rings. The lowest BCUT2D eigenvalue weighted by molar-refractivity contribution is 0.669. The van der Waals surface area contributed by atoms with Crippen LogP contribution < -0.4 is 10.1 Å². The van der Waals surface area contributed by atoms with Gasteiger partial charge in [-0.05, 0) is 84.9 Å². The molecule has 0 bridgehead atoms. The number of anilines is 3. The molecule has 4 nitrogen and oxygen atoms in total. The Balaban J connectivity index is 1.19. The molecule has 0 amide bonds. The molecule has 11 rings (SSSR count). The van der Waals surface area contributed by atoms with Crippen molar-refractivity contribution in [2.24, 2.45) is 0 Å². The van der Waals surface area contributed by atoms with Gasteiger partial charge in [0, 0.05) is 66.4 Å². The number of fused-ring (bicyclic) bond motifs is 11. The highest BCUT2D eigenvalue weighted by atomic mass is 16.3. The third-order valence-corrected chi connectivity index (χ3v) is 10.6. The summed E-state index contributed by atoms with van der Waals surface area (Å²) in [5, 5.41) is 8.21. The van der Waals surface area contributed by atoms with Gasteiger partial charge in [0.15, 0.2) is 0 Å². The van der Waals surface area contributed by atoms with E-state index in [9.17, 15) is 0 Å². The average Bonchev–Trinajstić information content (AvgIpc) is 3.93. The van der Waals surface area contributed by atoms with Crippen LogP contribution in [0.25, 0.3) is 82.8 Å². The number of hydrogen-bond acceptors (Lipinski definition) is 2. The number of para-hydroxylation sites is 4. The molecule has 0 aliphatic heterocycles. The minimum absolute atomic E-state index is 0.862. The summed E-state index contributed by atoms with van der Waals surface area (Å²) in [7, 11) is 0. The highest BCUT2D eigenvalue weighted by Crippen LogP contribution is 2.42. The Morgan fingerprint density at radius 2 is 1.10 bits per heavy atom. The van der Waals surface area contributed by atoms with E-state index in [1.165, 1.54) is 49.1 Å². The lowest BCUT2D eigenvalue weighted by Gasteiger charge is -2.26. The molecule has 4 heterocycles. The van der Waals surface area contributed by atoms with Gasteiger partial charge in [0.05, 0.1) is 27.6 Å². The Labute approximate surface area is 298 Å². The van der Waals surface area contributed by atoms with Crippen molar-refractivity contribution < 1.29 is 4.42 Å². The number of rotatable bonds is 5. The number of allylic oxidation sites excluding steroid dienone is 1. The number of benzene rings is 7. The maximum atomic E-state index is 6.44. The van der Waals surface area contributed by atoms with Gasteiger partial charge in [-0.25, -0.2) is 0 Å². The molecule has 52 heavy (non-hydrogen) atoms. The van der Waals surface area contributed by atoms with Crippen molar-refractivity contribution in [2.45, 2.75) is 0 Å². The van der Waals surface area contributed by atoms with Crippen LogP contribution in [-0.2, 0) is 0 Å². The minimum Gasteiger partial charge on any atom is -0.456 e. The standard InChI is InChI=1S/C48H31N3O/c1-2-12-36-40-28-34(23-26-45(40)51-42-18-9-6-13-31(42)27-46(36)51)49(35-21-24-39-38-17-8-11-20-47(38)52-48(39)30-35)33-22-25-44-41(29-33)37-16-7-10-19-43(37)50(44)32-14-4-3-5-15-32/h2-30H,1H2/b36-12-. The molecule has 4 aromatic heterocycles. The van der Waals surface area contributed by atoms with E-state index in [2.05, 4.69) is 178 Å².